The lowest BCUT2D eigenvalue weighted by Gasteiger charge is -2.38. The van der Waals surface area contributed by atoms with Gasteiger partial charge < -0.3 is 10.1 Å². The Morgan fingerprint density at radius 1 is 0.941 bits per heavy atom. The molecule has 0 saturated heterocycles. The molecule has 2 aliphatic carbocycles. The molecule has 3 atom stereocenters. The average Bonchev–Trinajstić information content (AvgIpc) is 2.34. The molecule has 0 aromatic rings. The molecule has 0 aliphatic heterocycles. The monoisotopic (exact) mass is 239 g/mol. The number of nitrogens with one attached hydrogen (secondary N) is 1. The molecule has 0 radical (unpaired) electrons. The molecule has 0 spiro atoms. The minimum Gasteiger partial charge on any atom is -0.381 e. The third kappa shape index (κ3) is 3.69. The predicted octanol–water partition coefficient (Wildman–Crippen LogP) is 3.36. The maximum Gasteiger partial charge on any atom is 0.0572 e. The molecule has 2 aliphatic rings. The second-order valence-corrected chi connectivity index (χ2v) is 6.38. The first-order valence-electron chi connectivity index (χ1n) is 7.48. The van der Waals surface area contributed by atoms with Crippen molar-refractivity contribution in [3.05, 3.63) is 0 Å². The Balaban J connectivity index is 1.74. The minimum absolute atomic E-state index is 0.525. The Morgan fingerprint density at radius 3 is 2.24 bits per heavy atom. The summed E-state index contributed by atoms with van der Waals surface area (Å²) in [6.07, 6.45) is 9.82. The van der Waals surface area contributed by atoms with Gasteiger partial charge >= 0.3 is 0 Å². The molecule has 100 valence electrons. The standard InChI is InChI=1S/C15H29NO/c1-11-4-9-15(12(2)10-11)16-13-5-7-14(17-3)8-6-13/h11-16H,4-10H2,1-3H3. The summed E-state index contributed by atoms with van der Waals surface area (Å²) < 4.78 is 5.44. The summed E-state index contributed by atoms with van der Waals surface area (Å²) in [6, 6.07) is 1.53. The van der Waals surface area contributed by atoms with Crippen molar-refractivity contribution >= 4 is 0 Å². The topological polar surface area (TPSA) is 21.3 Å². The van der Waals surface area contributed by atoms with Gasteiger partial charge in [-0.1, -0.05) is 13.8 Å². The molecule has 0 bridgehead atoms. The third-order valence-electron chi connectivity index (χ3n) is 4.89. The second kappa shape index (κ2) is 6.19. The van der Waals surface area contributed by atoms with Crippen LogP contribution in [0.25, 0.3) is 0 Å². The molecule has 2 saturated carbocycles. The van der Waals surface area contributed by atoms with Crippen molar-refractivity contribution in [3.63, 3.8) is 0 Å². The molecule has 2 heteroatoms. The summed E-state index contributed by atoms with van der Waals surface area (Å²) in [7, 11) is 1.85. The van der Waals surface area contributed by atoms with Crippen LogP contribution in [0, 0.1) is 11.8 Å². The van der Waals surface area contributed by atoms with Crippen LogP contribution >= 0.6 is 0 Å². The third-order valence-corrected chi connectivity index (χ3v) is 4.89. The van der Waals surface area contributed by atoms with Crippen molar-refractivity contribution in [2.24, 2.45) is 11.8 Å². The van der Waals surface area contributed by atoms with Crippen LogP contribution < -0.4 is 5.32 Å². The summed E-state index contributed by atoms with van der Waals surface area (Å²) in [5.74, 6) is 1.80. The van der Waals surface area contributed by atoms with Gasteiger partial charge in [-0.2, -0.15) is 0 Å². The van der Waals surface area contributed by atoms with Gasteiger partial charge in [-0.05, 0) is 56.8 Å². The quantitative estimate of drug-likeness (QED) is 0.815. The van der Waals surface area contributed by atoms with Gasteiger partial charge in [0.2, 0.25) is 0 Å². The van der Waals surface area contributed by atoms with E-state index in [1.54, 1.807) is 0 Å². The molecular formula is C15H29NO. The Labute approximate surface area is 107 Å². The highest BCUT2D eigenvalue weighted by atomic mass is 16.5. The van der Waals surface area contributed by atoms with E-state index in [0.717, 1.165) is 23.9 Å². The molecule has 2 nitrogen and oxygen atoms in total. The molecule has 0 amide bonds. The van der Waals surface area contributed by atoms with Gasteiger partial charge in [0, 0.05) is 19.2 Å². The fourth-order valence-corrected chi connectivity index (χ4v) is 3.68. The van der Waals surface area contributed by atoms with Crippen molar-refractivity contribution in [2.45, 2.75) is 77.0 Å². The van der Waals surface area contributed by atoms with Gasteiger partial charge in [0.05, 0.1) is 6.10 Å². The van der Waals surface area contributed by atoms with Crippen LogP contribution in [-0.4, -0.2) is 25.3 Å². The van der Waals surface area contributed by atoms with Crippen LogP contribution in [0.3, 0.4) is 0 Å². The van der Waals surface area contributed by atoms with E-state index in [1.165, 1.54) is 44.9 Å². The molecule has 17 heavy (non-hydrogen) atoms. The van der Waals surface area contributed by atoms with E-state index in [9.17, 15) is 0 Å². The van der Waals surface area contributed by atoms with Crippen molar-refractivity contribution < 1.29 is 4.74 Å². The first kappa shape index (κ1) is 13.4. The number of hydrogen-bond donors (Lipinski definition) is 1. The lowest BCUT2D eigenvalue weighted by molar-refractivity contribution is 0.0583. The number of ether oxygens (including phenoxy) is 1. The zero-order valence-corrected chi connectivity index (χ0v) is 11.7. The largest absolute Gasteiger partial charge is 0.381 e. The Bertz CT molecular complexity index is 223. The van der Waals surface area contributed by atoms with E-state index in [2.05, 4.69) is 19.2 Å². The van der Waals surface area contributed by atoms with E-state index < -0.39 is 0 Å². The van der Waals surface area contributed by atoms with Crippen molar-refractivity contribution in [1.82, 2.24) is 5.32 Å². The van der Waals surface area contributed by atoms with E-state index in [4.69, 9.17) is 4.74 Å². The van der Waals surface area contributed by atoms with Crippen LogP contribution in [0.5, 0.6) is 0 Å². The van der Waals surface area contributed by atoms with Crippen molar-refractivity contribution in [3.8, 4) is 0 Å². The fraction of sp³-hybridized carbons (Fsp3) is 1.00. The predicted molar refractivity (Wildman–Crippen MR) is 72.2 cm³/mol. The van der Waals surface area contributed by atoms with Gasteiger partial charge in [0.1, 0.15) is 0 Å². The first-order chi connectivity index (χ1) is 8.19. The van der Waals surface area contributed by atoms with Crippen LogP contribution in [0.2, 0.25) is 0 Å². The summed E-state index contributed by atoms with van der Waals surface area (Å²) in [5, 5.41) is 3.92. The number of methoxy groups -OCH3 is 1. The molecule has 2 fully saturated rings. The van der Waals surface area contributed by atoms with E-state index in [1.807, 2.05) is 7.11 Å². The zero-order valence-electron chi connectivity index (χ0n) is 11.7. The van der Waals surface area contributed by atoms with Gasteiger partial charge in [0.15, 0.2) is 0 Å². The summed E-state index contributed by atoms with van der Waals surface area (Å²) in [5.41, 5.74) is 0. The summed E-state index contributed by atoms with van der Waals surface area (Å²) in [6.45, 7) is 4.82. The maximum absolute atomic E-state index is 5.44. The highest BCUT2D eigenvalue weighted by Gasteiger charge is 2.28. The van der Waals surface area contributed by atoms with Crippen molar-refractivity contribution in [1.29, 1.82) is 0 Å². The van der Waals surface area contributed by atoms with Gasteiger partial charge in [-0.15, -0.1) is 0 Å². The van der Waals surface area contributed by atoms with Crippen LogP contribution in [0.15, 0.2) is 0 Å². The zero-order chi connectivity index (χ0) is 12.3. The second-order valence-electron chi connectivity index (χ2n) is 6.38. The van der Waals surface area contributed by atoms with Crippen molar-refractivity contribution in [2.75, 3.05) is 7.11 Å². The summed E-state index contributed by atoms with van der Waals surface area (Å²) >= 11 is 0. The summed E-state index contributed by atoms with van der Waals surface area (Å²) in [4.78, 5) is 0. The Morgan fingerprint density at radius 2 is 1.65 bits per heavy atom. The fourth-order valence-electron chi connectivity index (χ4n) is 3.68. The lowest BCUT2D eigenvalue weighted by atomic mass is 9.79. The van der Waals surface area contributed by atoms with Crippen LogP contribution in [-0.2, 0) is 4.74 Å². The van der Waals surface area contributed by atoms with Gasteiger partial charge in [-0.3, -0.25) is 0 Å². The lowest BCUT2D eigenvalue weighted by Crippen LogP contribution is -2.46. The van der Waals surface area contributed by atoms with E-state index in [-0.39, 0.29) is 0 Å². The SMILES string of the molecule is COC1CCC(NC2CCC(C)CC2C)CC1. The van der Waals surface area contributed by atoms with Gasteiger partial charge in [0.25, 0.3) is 0 Å². The molecule has 0 heterocycles. The molecule has 0 aromatic heterocycles. The van der Waals surface area contributed by atoms with E-state index >= 15 is 0 Å². The molecule has 3 unspecified atom stereocenters. The molecular weight excluding hydrogens is 210 g/mol. The Kier molecular flexibility index (Phi) is 4.87. The maximum atomic E-state index is 5.44. The molecule has 2 rings (SSSR count). The Hall–Kier alpha value is -0.0800. The van der Waals surface area contributed by atoms with Crippen LogP contribution in [0.4, 0.5) is 0 Å². The first-order valence-corrected chi connectivity index (χ1v) is 7.48. The normalized spacial score (nSPS) is 43.6. The smallest absolute Gasteiger partial charge is 0.0572 e. The molecule has 1 N–H and O–H groups in total. The molecule has 0 aromatic carbocycles. The minimum atomic E-state index is 0.525. The number of hydrogen-bond acceptors (Lipinski definition) is 2. The van der Waals surface area contributed by atoms with Gasteiger partial charge in [-0.25, -0.2) is 0 Å². The van der Waals surface area contributed by atoms with Crippen LogP contribution in [0.1, 0.15) is 58.8 Å². The highest BCUT2D eigenvalue weighted by Crippen LogP contribution is 2.30. The average molecular weight is 239 g/mol. The number of rotatable bonds is 3. The highest BCUT2D eigenvalue weighted by molar-refractivity contribution is 4.86. The van der Waals surface area contributed by atoms with E-state index in [0.29, 0.717) is 6.10 Å².